The highest BCUT2D eigenvalue weighted by Gasteiger charge is 2.19. The summed E-state index contributed by atoms with van der Waals surface area (Å²) < 4.78 is 10.6. The van der Waals surface area contributed by atoms with Gasteiger partial charge in [0, 0.05) is 5.69 Å². The monoisotopic (exact) mass is 361 g/mol. The van der Waals surface area contributed by atoms with Crippen LogP contribution in [0.25, 0.3) is 0 Å². The van der Waals surface area contributed by atoms with E-state index in [0.717, 1.165) is 0 Å². The quantitative estimate of drug-likeness (QED) is 0.746. The minimum absolute atomic E-state index is 0.216. The van der Waals surface area contributed by atoms with Gasteiger partial charge in [0.15, 0.2) is 6.10 Å². The molecule has 132 valence electrons. The number of nitrogens with one attached hydrogen (secondary N) is 1. The molecular formula is C19H20ClNO4. The lowest BCUT2D eigenvalue weighted by molar-refractivity contribution is -0.122. The van der Waals surface area contributed by atoms with Gasteiger partial charge in [-0.3, -0.25) is 4.79 Å². The van der Waals surface area contributed by atoms with E-state index in [1.807, 2.05) is 25.1 Å². The molecule has 0 aromatic heterocycles. The van der Waals surface area contributed by atoms with Gasteiger partial charge in [-0.2, -0.15) is 0 Å². The summed E-state index contributed by atoms with van der Waals surface area (Å²) in [4.78, 5) is 24.2. The number of benzene rings is 2. The van der Waals surface area contributed by atoms with Gasteiger partial charge in [-0.1, -0.05) is 36.7 Å². The summed E-state index contributed by atoms with van der Waals surface area (Å²) >= 11 is 6.10. The minimum Gasteiger partial charge on any atom is -0.481 e. The highest BCUT2D eigenvalue weighted by Crippen LogP contribution is 2.22. The Hall–Kier alpha value is -2.53. The molecule has 1 atom stereocenters. The molecule has 2 aromatic carbocycles. The molecule has 2 aromatic rings. The Bertz CT molecular complexity index is 733. The summed E-state index contributed by atoms with van der Waals surface area (Å²) in [6, 6.07) is 13.8. The lowest BCUT2D eigenvalue weighted by Crippen LogP contribution is -2.32. The Morgan fingerprint density at radius 2 is 1.84 bits per heavy atom. The number of anilines is 1. The molecule has 0 aliphatic heterocycles. The van der Waals surface area contributed by atoms with Crippen LogP contribution < -0.4 is 10.1 Å². The predicted octanol–water partition coefficient (Wildman–Crippen LogP) is 4.31. The molecule has 0 spiro atoms. The number of carbonyl (C=O) groups is 2. The van der Waals surface area contributed by atoms with Crippen molar-refractivity contribution in [2.45, 2.75) is 26.4 Å². The zero-order valence-corrected chi connectivity index (χ0v) is 14.9. The van der Waals surface area contributed by atoms with Gasteiger partial charge in [-0.05, 0) is 43.7 Å². The van der Waals surface area contributed by atoms with Gasteiger partial charge in [0.05, 0.1) is 17.2 Å². The van der Waals surface area contributed by atoms with Crippen molar-refractivity contribution in [1.29, 1.82) is 0 Å². The van der Waals surface area contributed by atoms with E-state index in [9.17, 15) is 9.59 Å². The van der Waals surface area contributed by atoms with Gasteiger partial charge in [-0.25, -0.2) is 4.79 Å². The fraction of sp³-hybridized carbons (Fsp3) is 0.263. The number of ether oxygens (including phenoxy) is 2. The summed E-state index contributed by atoms with van der Waals surface area (Å²) in [7, 11) is 0. The lowest BCUT2D eigenvalue weighted by atomic mass is 10.2. The molecule has 0 aliphatic rings. The fourth-order valence-corrected chi connectivity index (χ4v) is 2.43. The van der Waals surface area contributed by atoms with Crippen molar-refractivity contribution in [2.24, 2.45) is 0 Å². The molecule has 0 saturated carbocycles. The Morgan fingerprint density at radius 3 is 2.44 bits per heavy atom. The summed E-state index contributed by atoms with van der Waals surface area (Å²) in [5, 5.41) is 2.97. The van der Waals surface area contributed by atoms with Gasteiger partial charge in [-0.15, -0.1) is 0 Å². The topological polar surface area (TPSA) is 64.6 Å². The first-order valence-electron chi connectivity index (χ1n) is 8.04. The van der Waals surface area contributed by atoms with E-state index in [0.29, 0.717) is 17.9 Å². The van der Waals surface area contributed by atoms with Crippen LogP contribution in [0.15, 0.2) is 48.5 Å². The molecule has 1 unspecified atom stereocenters. The number of esters is 1. The van der Waals surface area contributed by atoms with E-state index < -0.39 is 12.1 Å². The summed E-state index contributed by atoms with van der Waals surface area (Å²) in [5.41, 5.74) is 0.743. The second-order valence-corrected chi connectivity index (χ2v) is 5.64. The number of hydrogen-bond donors (Lipinski definition) is 1. The van der Waals surface area contributed by atoms with E-state index in [1.165, 1.54) is 12.1 Å². The van der Waals surface area contributed by atoms with E-state index in [-0.39, 0.29) is 23.1 Å². The van der Waals surface area contributed by atoms with Crippen LogP contribution in [0.5, 0.6) is 5.75 Å². The number of carbonyl (C=O) groups excluding carboxylic acids is 2. The van der Waals surface area contributed by atoms with Crippen LogP contribution in [-0.2, 0) is 9.53 Å². The minimum atomic E-state index is -0.633. The first kappa shape index (κ1) is 18.8. The van der Waals surface area contributed by atoms with Crippen molar-refractivity contribution < 1.29 is 19.1 Å². The van der Waals surface area contributed by atoms with Gasteiger partial charge in [0.1, 0.15) is 5.75 Å². The maximum absolute atomic E-state index is 12.4. The average molecular weight is 362 g/mol. The molecule has 0 bridgehead atoms. The number of rotatable bonds is 7. The van der Waals surface area contributed by atoms with Crippen LogP contribution in [0.4, 0.5) is 5.69 Å². The molecule has 0 radical (unpaired) electrons. The van der Waals surface area contributed by atoms with Gasteiger partial charge in [0.25, 0.3) is 5.91 Å². The van der Waals surface area contributed by atoms with Crippen molar-refractivity contribution in [3.8, 4) is 5.75 Å². The Labute approximate surface area is 151 Å². The van der Waals surface area contributed by atoms with Gasteiger partial charge in [0.2, 0.25) is 0 Å². The normalized spacial score (nSPS) is 11.5. The third kappa shape index (κ3) is 5.22. The zero-order valence-electron chi connectivity index (χ0n) is 14.1. The second-order valence-electron chi connectivity index (χ2n) is 5.23. The molecule has 1 amide bonds. The van der Waals surface area contributed by atoms with E-state index in [4.69, 9.17) is 21.1 Å². The third-order valence-corrected chi connectivity index (χ3v) is 3.73. The van der Waals surface area contributed by atoms with Gasteiger partial charge >= 0.3 is 5.97 Å². The molecular weight excluding hydrogens is 342 g/mol. The molecule has 0 fully saturated rings. The van der Waals surface area contributed by atoms with Crippen molar-refractivity contribution in [3.63, 3.8) is 0 Å². The Morgan fingerprint density at radius 1 is 1.12 bits per heavy atom. The lowest BCUT2D eigenvalue weighted by Gasteiger charge is -2.17. The zero-order chi connectivity index (χ0) is 18.2. The van der Waals surface area contributed by atoms with Crippen LogP contribution >= 0.6 is 11.6 Å². The average Bonchev–Trinajstić information content (AvgIpc) is 2.60. The van der Waals surface area contributed by atoms with Crippen LogP contribution in [0.3, 0.4) is 0 Å². The molecule has 0 heterocycles. The maximum atomic E-state index is 12.4. The van der Waals surface area contributed by atoms with Crippen molar-refractivity contribution in [1.82, 2.24) is 0 Å². The third-order valence-electron chi connectivity index (χ3n) is 3.42. The van der Waals surface area contributed by atoms with Crippen LogP contribution in [0.1, 0.15) is 30.6 Å². The number of amides is 1. The number of para-hydroxylation sites is 1. The van der Waals surface area contributed by atoms with E-state index in [2.05, 4.69) is 5.32 Å². The van der Waals surface area contributed by atoms with Crippen molar-refractivity contribution >= 4 is 29.2 Å². The highest BCUT2D eigenvalue weighted by molar-refractivity contribution is 6.34. The molecule has 5 nitrogen and oxygen atoms in total. The Kier molecular flexibility index (Phi) is 6.83. The largest absolute Gasteiger partial charge is 0.481 e. The molecule has 25 heavy (non-hydrogen) atoms. The SMILES string of the molecule is CCOC(=O)c1ccc(NC(=O)C(CC)Oc2ccccc2)cc1Cl. The second kappa shape index (κ2) is 9.08. The summed E-state index contributed by atoms with van der Waals surface area (Å²) in [5.74, 6) is -0.157. The van der Waals surface area contributed by atoms with Crippen molar-refractivity contribution in [2.75, 3.05) is 11.9 Å². The standard InChI is InChI=1S/C19H20ClNO4/c1-3-17(25-14-8-6-5-7-9-14)18(22)21-13-10-11-15(16(20)12-13)19(23)24-4-2/h5-12,17H,3-4H2,1-2H3,(H,21,22). The first-order valence-corrected chi connectivity index (χ1v) is 8.42. The molecule has 6 heteroatoms. The number of hydrogen-bond acceptors (Lipinski definition) is 4. The number of halogens is 1. The Balaban J connectivity index is 2.06. The predicted molar refractivity (Wildman–Crippen MR) is 97.2 cm³/mol. The molecule has 1 N–H and O–H groups in total. The summed E-state index contributed by atoms with van der Waals surface area (Å²) in [6.45, 7) is 3.85. The molecule has 2 rings (SSSR count). The van der Waals surface area contributed by atoms with Crippen LogP contribution in [-0.4, -0.2) is 24.6 Å². The van der Waals surface area contributed by atoms with Crippen molar-refractivity contribution in [3.05, 3.63) is 59.1 Å². The fourth-order valence-electron chi connectivity index (χ4n) is 2.18. The molecule has 0 aliphatic carbocycles. The van der Waals surface area contributed by atoms with Crippen LogP contribution in [0, 0.1) is 0 Å². The van der Waals surface area contributed by atoms with E-state index >= 15 is 0 Å². The molecule has 0 saturated heterocycles. The first-order chi connectivity index (χ1) is 12.0. The van der Waals surface area contributed by atoms with Gasteiger partial charge < -0.3 is 14.8 Å². The van der Waals surface area contributed by atoms with Crippen LogP contribution in [0.2, 0.25) is 5.02 Å². The maximum Gasteiger partial charge on any atom is 0.339 e. The smallest absolute Gasteiger partial charge is 0.339 e. The highest BCUT2D eigenvalue weighted by atomic mass is 35.5. The van der Waals surface area contributed by atoms with E-state index in [1.54, 1.807) is 25.1 Å². The summed E-state index contributed by atoms with van der Waals surface area (Å²) in [6.07, 6.45) is -0.124.